The summed E-state index contributed by atoms with van der Waals surface area (Å²) in [5.74, 6) is 2.76. The minimum Gasteiger partial charge on any atom is -0.493 e. The molecule has 0 fully saturated rings. The second kappa shape index (κ2) is 10.5. The Hall–Kier alpha value is -3.67. The number of benzene rings is 2. The van der Waals surface area contributed by atoms with Crippen LogP contribution in [0, 0.1) is 18.8 Å². The minimum absolute atomic E-state index is 0.212. The van der Waals surface area contributed by atoms with Crippen LogP contribution in [-0.4, -0.2) is 38.9 Å². The number of ether oxygens (including phenoxy) is 1. The van der Waals surface area contributed by atoms with E-state index < -0.39 is 0 Å². The van der Waals surface area contributed by atoms with Gasteiger partial charge in [0, 0.05) is 31.9 Å². The van der Waals surface area contributed by atoms with Gasteiger partial charge < -0.3 is 14.6 Å². The zero-order valence-corrected chi connectivity index (χ0v) is 21.3. The van der Waals surface area contributed by atoms with E-state index in [-0.39, 0.29) is 11.8 Å². The van der Waals surface area contributed by atoms with Crippen molar-refractivity contribution in [3.63, 3.8) is 0 Å². The van der Waals surface area contributed by atoms with E-state index in [4.69, 9.17) is 4.74 Å². The van der Waals surface area contributed by atoms with Gasteiger partial charge in [0.1, 0.15) is 11.6 Å². The Morgan fingerprint density at radius 2 is 1.89 bits per heavy atom. The molecule has 6 nitrogen and oxygen atoms in total. The van der Waals surface area contributed by atoms with Crippen molar-refractivity contribution in [1.82, 2.24) is 19.9 Å². The number of hydrogen-bond acceptors (Lipinski definition) is 4. The molecule has 2 atom stereocenters. The third-order valence-electron chi connectivity index (χ3n) is 7.38. The third-order valence-corrected chi connectivity index (χ3v) is 7.38. The highest BCUT2D eigenvalue weighted by atomic mass is 16.5. The van der Waals surface area contributed by atoms with Crippen LogP contribution in [0.25, 0.3) is 22.2 Å². The number of carbonyl (C=O) groups is 1. The molecule has 1 N–H and O–H groups in total. The SMILES string of the molecule is CCN(Cc1ccncc1)C(=O)CC1CCOc2ccc(-c3ccc4nc(C)[nH]c4c3)cc2CC1C. The number of carbonyl (C=O) groups excluding carboxylic acids is 1. The van der Waals surface area contributed by atoms with Gasteiger partial charge in [-0.15, -0.1) is 0 Å². The molecule has 0 spiro atoms. The lowest BCUT2D eigenvalue weighted by Gasteiger charge is -2.30. The van der Waals surface area contributed by atoms with Crippen molar-refractivity contribution in [2.45, 2.75) is 46.6 Å². The molecule has 2 aromatic heterocycles. The lowest BCUT2D eigenvalue weighted by atomic mass is 9.82. The van der Waals surface area contributed by atoms with E-state index in [2.05, 4.69) is 58.3 Å². The molecule has 4 aromatic rings. The third kappa shape index (κ3) is 5.27. The molecule has 6 heteroatoms. The number of nitrogens with one attached hydrogen (secondary N) is 1. The van der Waals surface area contributed by atoms with Gasteiger partial charge in [-0.1, -0.05) is 19.1 Å². The molecule has 36 heavy (non-hydrogen) atoms. The van der Waals surface area contributed by atoms with Gasteiger partial charge in [-0.05, 0) is 97.2 Å². The van der Waals surface area contributed by atoms with Crippen LogP contribution in [0.4, 0.5) is 0 Å². The first-order chi connectivity index (χ1) is 17.5. The summed E-state index contributed by atoms with van der Waals surface area (Å²) in [6.07, 6.45) is 5.89. The summed E-state index contributed by atoms with van der Waals surface area (Å²) in [4.78, 5) is 27.1. The number of aryl methyl sites for hydroxylation is 1. The topological polar surface area (TPSA) is 71.1 Å². The van der Waals surface area contributed by atoms with E-state index in [1.54, 1.807) is 12.4 Å². The zero-order chi connectivity index (χ0) is 25.1. The zero-order valence-electron chi connectivity index (χ0n) is 21.3. The molecule has 186 valence electrons. The van der Waals surface area contributed by atoms with Gasteiger partial charge in [-0.3, -0.25) is 9.78 Å². The number of rotatable bonds is 6. The summed E-state index contributed by atoms with van der Waals surface area (Å²) in [6, 6.07) is 16.8. The summed E-state index contributed by atoms with van der Waals surface area (Å²) in [5, 5.41) is 0. The molecule has 2 aromatic carbocycles. The predicted molar refractivity (Wildman–Crippen MR) is 143 cm³/mol. The maximum absolute atomic E-state index is 13.2. The van der Waals surface area contributed by atoms with Crippen molar-refractivity contribution in [3.8, 4) is 16.9 Å². The maximum Gasteiger partial charge on any atom is 0.223 e. The number of nitrogens with zero attached hydrogens (tertiary/aromatic N) is 3. The van der Waals surface area contributed by atoms with Gasteiger partial charge in [0.25, 0.3) is 0 Å². The van der Waals surface area contributed by atoms with Gasteiger partial charge in [-0.25, -0.2) is 4.98 Å². The molecule has 0 saturated carbocycles. The first-order valence-corrected chi connectivity index (χ1v) is 12.9. The molecule has 0 bridgehead atoms. The Morgan fingerprint density at radius 1 is 1.11 bits per heavy atom. The fraction of sp³-hybridized carbons (Fsp3) is 0.367. The number of aromatic amines is 1. The molecular formula is C30H34N4O2. The maximum atomic E-state index is 13.2. The Morgan fingerprint density at radius 3 is 2.69 bits per heavy atom. The number of H-pyrrole nitrogens is 1. The van der Waals surface area contributed by atoms with Crippen molar-refractivity contribution in [2.75, 3.05) is 13.2 Å². The molecule has 1 amide bonds. The van der Waals surface area contributed by atoms with Crippen molar-refractivity contribution < 1.29 is 9.53 Å². The molecular weight excluding hydrogens is 448 g/mol. The monoisotopic (exact) mass is 482 g/mol. The predicted octanol–water partition coefficient (Wildman–Crippen LogP) is 5.95. The number of fused-ring (bicyclic) bond motifs is 2. The largest absolute Gasteiger partial charge is 0.493 e. The molecule has 3 heterocycles. The van der Waals surface area contributed by atoms with Crippen LogP contribution in [0.3, 0.4) is 0 Å². The summed E-state index contributed by atoms with van der Waals surface area (Å²) < 4.78 is 6.19. The van der Waals surface area contributed by atoms with Crippen LogP contribution in [0.1, 0.15) is 43.6 Å². The van der Waals surface area contributed by atoms with E-state index in [0.29, 0.717) is 32.0 Å². The van der Waals surface area contributed by atoms with Crippen molar-refractivity contribution in [3.05, 3.63) is 77.9 Å². The summed E-state index contributed by atoms with van der Waals surface area (Å²) in [7, 11) is 0. The van der Waals surface area contributed by atoms with Crippen LogP contribution in [0.5, 0.6) is 5.75 Å². The fourth-order valence-corrected chi connectivity index (χ4v) is 5.24. The van der Waals surface area contributed by atoms with Gasteiger partial charge >= 0.3 is 0 Å². The Balaban J connectivity index is 1.31. The van der Waals surface area contributed by atoms with Gasteiger partial charge in [0.05, 0.1) is 17.6 Å². The molecule has 2 unspecified atom stereocenters. The van der Waals surface area contributed by atoms with Crippen molar-refractivity contribution in [1.29, 1.82) is 0 Å². The highest BCUT2D eigenvalue weighted by molar-refractivity contribution is 5.82. The van der Waals surface area contributed by atoms with E-state index >= 15 is 0 Å². The minimum atomic E-state index is 0.212. The Kier molecular flexibility index (Phi) is 7.03. The standard InChI is InChI=1S/C30H34N4O2/c1-4-34(19-22-9-12-31-13-10-22)30(35)18-23-11-14-36-29-8-6-24(16-26(29)15-20(23)2)25-5-7-27-28(17-25)33-21(3)32-27/h5-10,12-13,16-17,20,23H,4,11,14-15,18-19H2,1-3H3,(H,32,33). The first kappa shape index (κ1) is 24.0. The van der Waals surface area contributed by atoms with Gasteiger partial charge in [-0.2, -0.15) is 0 Å². The first-order valence-electron chi connectivity index (χ1n) is 12.9. The number of pyridine rings is 1. The van der Waals surface area contributed by atoms with E-state index in [9.17, 15) is 4.79 Å². The average Bonchev–Trinajstić information content (AvgIpc) is 3.26. The summed E-state index contributed by atoms with van der Waals surface area (Å²) in [5.41, 5.74) is 6.68. The second-order valence-electron chi connectivity index (χ2n) is 9.92. The van der Waals surface area contributed by atoms with Crippen molar-refractivity contribution in [2.24, 2.45) is 11.8 Å². The molecule has 1 aliphatic rings. The summed E-state index contributed by atoms with van der Waals surface area (Å²) >= 11 is 0. The van der Waals surface area contributed by atoms with Crippen LogP contribution in [0.2, 0.25) is 0 Å². The lowest BCUT2D eigenvalue weighted by molar-refractivity contribution is -0.133. The number of aromatic nitrogens is 3. The average molecular weight is 483 g/mol. The van der Waals surface area contributed by atoms with E-state index in [1.165, 1.54) is 11.1 Å². The Labute approximate surface area is 212 Å². The number of amides is 1. The van der Waals surface area contributed by atoms with E-state index in [0.717, 1.165) is 46.6 Å². The smallest absolute Gasteiger partial charge is 0.223 e. The lowest BCUT2D eigenvalue weighted by Crippen LogP contribution is -2.34. The van der Waals surface area contributed by atoms with Crippen LogP contribution >= 0.6 is 0 Å². The van der Waals surface area contributed by atoms with Crippen LogP contribution in [0.15, 0.2) is 60.9 Å². The van der Waals surface area contributed by atoms with Gasteiger partial charge in [0.15, 0.2) is 0 Å². The molecule has 0 saturated heterocycles. The quantitative estimate of drug-likeness (QED) is 0.369. The van der Waals surface area contributed by atoms with Crippen LogP contribution in [-0.2, 0) is 17.8 Å². The second-order valence-corrected chi connectivity index (χ2v) is 9.92. The number of imidazole rings is 1. The summed E-state index contributed by atoms with van der Waals surface area (Å²) in [6.45, 7) is 8.25. The van der Waals surface area contributed by atoms with Crippen LogP contribution < -0.4 is 4.74 Å². The van der Waals surface area contributed by atoms with E-state index in [1.807, 2.05) is 30.9 Å². The van der Waals surface area contributed by atoms with Gasteiger partial charge in [0.2, 0.25) is 5.91 Å². The number of hydrogen-bond donors (Lipinski definition) is 1. The highest BCUT2D eigenvalue weighted by Gasteiger charge is 2.26. The highest BCUT2D eigenvalue weighted by Crippen LogP contribution is 2.35. The molecule has 1 aliphatic heterocycles. The normalized spacial score (nSPS) is 17.6. The molecule has 5 rings (SSSR count). The van der Waals surface area contributed by atoms with Crippen molar-refractivity contribution >= 4 is 16.9 Å². The fourth-order valence-electron chi connectivity index (χ4n) is 5.24. The molecule has 0 aliphatic carbocycles. The Bertz CT molecular complexity index is 1350. The molecule has 0 radical (unpaired) electrons.